The van der Waals surface area contributed by atoms with Gasteiger partial charge < -0.3 is 11.1 Å². The van der Waals surface area contributed by atoms with Crippen molar-refractivity contribution in [3.8, 4) is 0 Å². The lowest BCUT2D eigenvalue weighted by Gasteiger charge is -2.22. The molecule has 0 unspecified atom stereocenters. The van der Waals surface area contributed by atoms with Crippen LogP contribution >= 0.6 is 0 Å². The molecule has 0 aliphatic carbocycles. The number of hydrogen-bond acceptors (Lipinski definition) is 5. The van der Waals surface area contributed by atoms with Gasteiger partial charge in [-0.3, -0.25) is 9.13 Å². The molecule has 0 aliphatic rings. The van der Waals surface area contributed by atoms with Crippen molar-refractivity contribution in [2.24, 2.45) is 12.8 Å². The van der Waals surface area contributed by atoms with Crippen LogP contribution < -0.4 is 16.7 Å². The molecule has 4 rings (SSSR count). The molecule has 186 valence electrons. The molecule has 1 atom stereocenters. The summed E-state index contributed by atoms with van der Waals surface area (Å²) in [6, 6.07) is 6.90. The zero-order valence-electron chi connectivity index (χ0n) is 20.6. The fraction of sp³-hybridized carbons (Fsp3) is 0.400. The summed E-state index contributed by atoms with van der Waals surface area (Å²) < 4.78 is 46.7. The van der Waals surface area contributed by atoms with Gasteiger partial charge >= 0.3 is 5.69 Å². The fourth-order valence-electron chi connectivity index (χ4n) is 4.42. The lowest BCUT2D eigenvalue weighted by molar-refractivity contribution is 0.00220. The van der Waals surface area contributed by atoms with E-state index in [0.717, 1.165) is 22.5 Å². The third-order valence-electron chi connectivity index (χ3n) is 6.31. The van der Waals surface area contributed by atoms with Crippen LogP contribution in [-0.4, -0.2) is 25.9 Å². The van der Waals surface area contributed by atoms with Crippen molar-refractivity contribution in [1.29, 1.82) is 0 Å². The van der Waals surface area contributed by atoms with Gasteiger partial charge in [-0.1, -0.05) is 18.2 Å². The van der Waals surface area contributed by atoms with Crippen molar-refractivity contribution in [1.82, 2.24) is 19.3 Å². The van der Waals surface area contributed by atoms with E-state index in [2.05, 4.69) is 15.5 Å². The second-order valence-electron chi connectivity index (χ2n) is 9.85. The van der Waals surface area contributed by atoms with Gasteiger partial charge in [0.15, 0.2) is 5.82 Å². The third-order valence-corrected chi connectivity index (χ3v) is 6.31. The third kappa shape index (κ3) is 4.05. The van der Waals surface area contributed by atoms with E-state index in [1.165, 1.54) is 12.1 Å². The highest BCUT2D eigenvalue weighted by Crippen LogP contribution is 2.35. The predicted octanol–water partition coefficient (Wildman–Crippen LogP) is 4.71. The highest BCUT2D eigenvalue weighted by atomic mass is 19.3. The molecular formula is C25H29F3N6O. The van der Waals surface area contributed by atoms with Gasteiger partial charge in [-0.05, 0) is 46.8 Å². The smallest absolute Gasteiger partial charge is 0.329 e. The van der Waals surface area contributed by atoms with Gasteiger partial charge in [0.1, 0.15) is 5.82 Å². The zero-order valence-corrected chi connectivity index (χ0v) is 20.6. The van der Waals surface area contributed by atoms with Crippen LogP contribution in [0.1, 0.15) is 50.6 Å². The van der Waals surface area contributed by atoms with Crippen molar-refractivity contribution < 1.29 is 13.2 Å². The summed E-state index contributed by atoms with van der Waals surface area (Å²) in [6.07, 6.45) is 0. The molecule has 7 nitrogen and oxygen atoms in total. The quantitative estimate of drug-likeness (QED) is 0.426. The van der Waals surface area contributed by atoms with E-state index >= 15 is 4.39 Å². The number of nitrogens with one attached hydrogen (secondary N) is 1. The Hall–Kier alpha value is -3.40. The van der Waals surface area contributed by atoms with Crippen LogP contribution in [0.4, 0.5) is 19.0 Å². The molecule has 0 aliphatic heterocycles. The van der Waals surface area contributed by atoms with Gasteiger partial charge in [0.25, 0.3) is 5.92 Å². The number of alkyl halides is 2. The average Bonchev–Trinajstić information content (AvgIpc) is 3.04. The maximum absolute atomic E-state index is 15.1. The second kappa shape index (κ2) is 8.37. The molecule has 0 bridgehead atoms. The Bertz CT molecular complexity index is 1500. The number of nitrogens with two attached hydrogens (primary N) is 1. The molecule has 4 aromatic rings. The maximum atomic E-state index is 15.1. The van der Waals surface area contributed by atoms with E-state index in [4.69, 9.17) is 5.73 Å². The maximum Gasteiger partial charge on any atom is 0.329 e. The van der Waals surface area contributed by atoms with E-state index in [-0.39, 0.29) is 11.3 Å². The first-order valence-electron chi connectivity index (χ1n) is 11.3. The van der Waals surface area contributed by atoms with Crippen LogP contribution in [0.15, 0.2) is 35.1 Å². The van der Waals surface area contributed by atoms with Crippen molar-refractivity contribution in [2.45, 2.75) is 52.1 Å². The van der Waals surface area contributed by atoms with Gasteiger partial charge in [0, 0.05) is 28.9 Å². The Morgan fingerprint density at radius 2 is 1.77 bits per heavy atom. The lowest BCUT2D eigenvalue weighted by atomic mass is 10.00. The molecule has 0 spiro atoms. The minimum absolute atomic E-state index is 0.0542. The molecule has 2 aromatic heterocycles. The van der Waals surface area contributed by atoms with Crippen LogP contribution in [0.25, 0.3) is 21.8 Å². The average molecular weight is 487 g/mol. The summed E-state index contributed by atoms with van der Waals surface area (Å²) >= 11 is 0. The SMILES string of the molecule is Cc1nnc(N[C@H](C)c2cccc(C(F)(F)CN)c2F)c2cc3c(cc12)n(C)c(=O)n3C(C)(C)C. The molecule has 0 amide bonds. The number of aromatic nitrogens is 4. The Kier molecular flexibility index (Phi) is 5.91. The Morgan fingerprint density at radius 1 is 1.11 bits per heavy atom. The molecule has 35 heavy (non-hydrogen) atoms. The van der Waals surface area contributed by atoms with Crippen LogP contribution in [0.2, 0.25) is 0 Å². The number of hydrogen-bond donors (Lipinski definition) is 2. The summed E-state index contributed by atoms with van der Waals surface area (Å²) in [5.41, 5.74) is 5.97. The number of imidazole rings is 1. The van der Waals surface area contributed by atoms with Crippen molar-refractivity contribution in [3.63, 3.8) is 0 Å². The topological polar surface area (TPSA) is 90.8 Å². The molecule has 0 radical (unpaired) electrons. The first-order valence-corrected chi connectivity index (χ1v) is 11.3. The van der Waals surface area contributed by atoms with Gasteiger partial charge in [-0.2, -0.15) is 13.9 Å². The standard InChI is InChI=1S/C25H29F3N6O/c1-13(15-8-7-9-18(21(15)26)25(27,28)12-29)30-22-17-11-20-19(10-16(17)14(2)31-32-22)33(6)23(35)34(20)24(3,4)5/h7-11,13H,12,29H2,1-6H3,(H,30,32)/t13-/m1/s1. The Balaban J connectivity index is 1.88. The molecule has 2 aromatic carbocycles. The van der Waals surface area contributed by atoms with Crippen molar-refractivity contribution >= 4 is 27.6 Å². The molecule has 0 saturated heterocycles. The Labute approximate surface area is 200 Å². The van der Waals surface area contributed by atoms with Gasteiger partial charge in [-0.15, -0.1) is 5.10 Å². The number of fused-ring (bicyclic) bond motifs is 2. The number of rotatable bonds is 5. The summed E-state index contributed by atoms with van der Waals surface area (Å²) in [5.74, 6) is -4.14. The highest BCUT2D eigenvalue weighted by molar-refractivity contribution is 6.01. The van der Waals surface area contributed by atoms with Crippen LogP contribution in [-0.2, 0) is 18.5 Å². The summed E-state index contributed by atoms with van der Waals surface area (Å²) in [5, 5.41) is 13.1. The normalized spacial score (nSPS) is 13.5. The molecule has 3 N–H and O–H groups in total. The molecule has 2 heterocycles. The van der Waals surface area contributed by atoms with E-state index in [0.29, 0.717) is 16.9 Å². The number of nitrogens with zero attached hydrogens (tertiary/aromatic N) is 4. The van der Waals surface area contributed by atoms with Crippen LogP contribution in [0.3, 0.4) is 0 Å². The summed E-state index contributed by atoms with van der Waals surface area (Å²) in [4.78, 5) is 13.0. The van der Waals surface area contributed by atoms with Crippen LogP contribution in [0, 0.1) is 12.7 Å². The highest BCUT2D eigenvalue weighted by Gasteiger charge is 2.34. The van der Waals surface area contributed by atoms with E-state index < -0.39 is 35.4 Å². The molecule has 0 fully saturated rings. The Morgan fingerprint density at radius 3 is 2.40 bits per heavy atom. The number of anilines is 1. The van der Waals surface area contributed by atoms with Crippen molar-refractivity contribution in [3.05, 3.63) is 63.5 Å². The van der Waals surface area contributed by atoms with E-state index in [1.54, 1.807) is 23.1 Å². The largest absolute Gasteiger partial charge is 0.361 e. The first kappa shape index (κ1) is 24.7. The van der Waals surface area contributed by atoms with Gasteiger partial charge in [-0.25, -0.2) is 9.18 Å². The number of benzene rings is 2. The summed E-state index contributed by atoms with van der Waals surface area (Å²) in [7, 11) is 1.72. The fourth-order valence-corrected chi connectivity index (χ4v) is 4.42. The minimum Gasteiger partial charge on any atom is -0.361 e. The second-order valence-corrected chi connectivity index (χ2v) is 9.85. The monoisotopic (exact) mass is 486 g/mol. The molecule has 0 saturated carbocycles. The molecular weight excluding hydrogens is 457 g/mol. The lowest BCUT2D eigenvalue weighted by Crippen LogP contribution is -2.34. The zero-order chi connectivity index (χ0) is 25.9. The van der Waals surface area contributed by atoms with Crippen LogP contribution in [0.5, 0.6) is 0 Å². The number of halogens is 3. The first-order chi connectivity index (χ1) is 16.3. The van der Waals surface area contributed by atoms with Gasteiger partial charge in [0.2, 0.25) is 0 Å². The van der Waals surface area contributed by atoms with Crippen molar-refractivity contribution in [2.75, 3.05) is 11.9 Å². The van der Waals surface area contributed by atoms with Gasteiger partial charge in [0.05, 0.1) is 34.9 Å². The molecule has 10 heteroatoms. The summed E-state index contributed by atoms with van der Waals surface area (Å²) in [6.45, 7) is 8.31. The van der Waals surface area contributed by atoms with E-state index in [9.17, 15) is 13.6 Å². The predicted molar refractivity (Wildman–Crippen MR) is 131 cm³/mol. The minimum atomic E-state index is -3.48. The number of aryl methyl sites for hydroxylation is 2. The van der Waals surface area contributed by atoms with E-state index in [1.807, 2.05) is 39.8 Å².